The second-order valence-electron chi connectivity index (χ2n) is 8.20. The normalized spacial score (nSPS) is 17.8. The fourth-order valence-corrected chi connectivity index (χ4v) is 4.86. The summed E-state index contributed by atoms with van der Waals surface area (Å²) in [6.45, 7) is 2.10. The largest absolute Gasteiger partial charge is 0.328 e. The third-order valence-corrected chi connectivity index (χ3v) is 6.87. The van der Waals surface area contributed by atoms with E-state index in [1.807, 2.05) is 48.7 Å². The van der Waals surface area contributed by atoms with Gasteiger partial charge in [0.25, 0.3) is 0 Å². The number of aromatic amines is 1. The predicted octanol–water partition coefficient (Wildman–Crippen LogP) is 4.73. The number of aromatic nitrogens is 4. The smallest absolute Gasteiger partial charge is 0.227 e. The average molecular weight is 458 g/mol. The molecular formula is C25H27N7S. The number of H-pyrrole nitrogens is 1. The van der Waals surface area contributed by atoms with Gasteiger partial charge in [-0.05, 0) is 61.1 Å². The van der Waals surface area contributed by atoms with Crippen molar-refractivity contribution in [2.45, 2.75) is 25.3 Å². The van der Waals surface area contributed by atoms with Crippen LogP contribution in [0.3, 0.4) is 0 Å². The molecule has 0 spiro atoms. The van der Waals surface area contributed by atoms with Crippen LogP contribution in [0.2, 0.25) is 0 Å². The maximum Gasteiger partial charge on any atom is 0.227 e. The van der Waals surface area contributed by atoms with E-state index >= 15 is 0 Å². The van der Waals surface area contributed by atoms with E-state index < -0.39 is 0 Å². The first-order valence-corrected chi connectivity index (χ1v) is 12.0. The topological polar surface area (TPSA) is 95.8 Å². The van der Waals surface area contributed by atoms with Crippen LogP contribution in [0.15, 0.2) is 71.7 Å². The number of piperidine rings is 1. The average Bonchev–Trinajstić information content (AvgIpc) is 3.22. The lowest BCUT2D eigenvalue weighted by atomic mass is 10.1. The van der Waals surface area contributed by atoms with E-state index in [-0.39, 0.29) is 0 Å². The van der Waals surface area contributed by atoms with Gasteiger partial charge in [0, 0.05) is 53.1 Å². The molecule has 1 aliphatic heterocycles. The van der Waals surface area contributed by atoms with E-state index in [1.54, 1.807) is 0 Å². The summed E-state index contributed by atoms with van der Waals surface area (Å²) in [4.78, 5) is 10.3. The molecule has 2 aliphatic rings. The standard InChI is InChI=1S/C25H27N7S/c26-20-11-13-32(14-12-20)33-22-5-2-4-21(9-10-22)30-25-27-15-18(16-28-25)7-8-19-3-1-6-24-23(19)17-29-31-24/h1-4,6-10,15-17,20H,5,11-14,26H2,(H,29,31)(H,27,28,30)/b8-7+. The Bertz CT molecular complexity index is 1220. The fraction of sp³-hybridized carbons (Fsp3) is 0.240. The number of nitrogens with two attached hydrogens (primary N) is 1. The highest BCUT2D eigenvalue weighted by Gasteiger charge is 2.17. The number of rotatable bonds is 6. The minimum Gasteiger partial charge on any atom is -0.328 e. The Kier molecular flexibility index (Phi) is 6.66. The highest BCUT2D eigenvalue weighted by atomic mass is 32.2. The molecule has 2 aromatic heterocycles. The second-order valence-corrected chi connectivity index (χ2v) is 9.42. The van der Waals surface area contributed by atoms with Gasteiger partial charge in [-0.2, -0.15) is 5.10 Å². The summed E-state index contributed by atoms with van der Waals surface area (Å²) in [5.74, 6) is 0.578. The van der Waals surface area contributed by atoms with Gasteiger partial charge in [0.2, 0.25) is 5.95 Å². The van der Waals surface area contributed by atoms with Crippen LogP contribution in [0.25, 0.3) is 23.1 Å². The summed E-state index contributed by atoms with van der Waals surface area (Å²) in [6.07, 6.45) is 21.1. The minimum atomic E-state index is 0.355. The quantitative estimate of drug-likeness (QED) is 0.460. The molecular weight excluding hydrogens is 430 g/mol. The molecule has 1 fully saturated rings. The van der Waals surface area contributed by atoms with Crippen molar-refractivity contribution in [2.75, 3.05) is 18.4 Å². The Hall–Kier alpha value is -3.20. The summed E-state index contributed by atoms with van der Waals surface area (Å²) >= 11 is 1.84. The van der Waals surface area contributed by atoms with E-state index in [0.717, 1.165) is 60.1 Å². The van der Waals surface area contributed by atoms with E-state index in [4.69, 9.17) is 5.73 Å². The van der Waals surface area contributed by atoms with E-state index in [9.17, 15) is 0 Å². The maximum absolute atomic E-state index is 6.02. The van der Waals surface area contributed by atoms with E-state index in [1.165, 1.54) is 4.91 Å². The van der Waals surface area contributed by atoms with Crippen molar-refractivity contribution in [2.24, 2.45) is 5.73 Å². The van der Waals surface area contributed by atoms with Crippen LogP contribution in [-0.4, -0.2) is 43.6 Å². The maximum atomic E-state index is 6.02. The highest BCUT2D eigenvalue weighted by Crippen LogP contribution is 2.29. The molecule has 4 N–H and O–H groups in total. The lowest BCUT2D eigenvalue weighted by molar-refractivity contribution is 0.347. The molecule has 5 rings (SSSR count). The zero-order valence-electron chi connectivity index (χ0n) is 18.3. The number of nitrogens with zero attached hydrogens (tertiary/aromatic N) is 4. The van der Waals surface area contributed by atoms with Gasteiger partial charge in [-0.1, -0.05) is 30.4 Å². The minimum absolute atomic E-state index is 0.355. The number of fused-ring (bicyclic) bond motifs is 1. The molecule has 0 saturated carbocycles. The molecule has 33 heavy (non-hydrogen) atoms. The summed E-state index contributed by atoms with van der Waals surface area (Å²) in [5.41, 5.74) is 10.1. The summed E-state index contributed by atoms with van der Waals surface area (Å²) < 4.78 is 2.41. The van der Waals surface area contributed by atoms with Crippen LogP contribution in [-0.2, 0) is 0 Å². The molecule has 8 heteroatoms. The van der Waals surface area contributed by atoms with Gasteiger partial charge in [0.15, 0.2) is 0 Å². The first kappa shape index (κ1) is 21.6. The van der Waals surface area contributed by atoms with Crippen molar-refractivity contribution in [3.8, 4) is 0 Å². The van der Waals surface area contributed by atoms with Crippen molar-refractivity contribution in [3.63, 3.8) is 0 Å². The van der Waals surface area contributed by atoms with Crippen molar-refractivity contribution in [3.05, 3.63) is 82.8 Å². The van der Waals surface area contributed by atoms with Gasteiger partial charge in [-0.3, -0.25) is 5.10 Å². The Labute approximate surface area is 197 Å². The summed E-state index contributed by atoms with van der Waals surface area (Å²) in [5, 5.41) is 11.5. The predicted molar refractivity (Wildman–Crippen MR) is 137 cm³/mol. The lowest BCUT2D eigenvalue weighted by Crippen LogP contribution is -2.36. The van der Waals surface area contributed by atoms with Crippen LogP contribution in [0.1, 0.15) is 30.4 Å². The molecule has 3 aromatic rings. The summed E-state index contributed by atoms with van der Waals surface area (Å²) in [6, 6.07) is 6.45. The first-order valence-electron chi connectivity index (χ1n) is 11.2. The number of benzene rings is 1. The molecule has 1 aliphatic carbocycles. The molecule has 3 heterocycles. The lowest BCUT2D eigenvalue weighted by Gasteiger charge is -2.29. The number of nitrogens with one attached hydrogen (secondary N) is 2. The van der Waals surface area contributed by atoms with Crippen LogP contribution >= 0.6 is 11.9 Å². The first-order chi connectivity index (χ1) is 16.2. The van der Waals surface area contributed by atoms with Crippen LogP contribution < -0.4 is 11.1 Å². The Balaban J connectivity index is 1.20. The van der Waals surface area contributed by atoms with E-state index in [0.29, 0.717) is 12.0 Å². The van der Waals surface area contributed by atoms with Crippen LogP contribution in [0.4, 0.5) is 5.95 Å². The monoisotopic (exact) mass is 457 g/mol. The van der Waals surface area contributed by atoms with Gasteiger partial charge in [0.05, 0.1) is 11.7 Å². The summed E-state index contributed by atoms with van der Waals surface area (Å²) in [7, 11) is 0. The number of hydrogen-bond acceptors (Lipinski definition) is 7. The van der Waals surface area contributed by atoms with Crippen LogP contribution in [0.5, 0.6) is 0 Å². The number of anilines is 1. The third kappa shape index (κ3) is 5.60. The third-order valence-electron chi connectivity index (χ3n) is 5.71. The second kappa shape index (κ2) is 10.2. The number of hydrogen-bond donors (Lipinski definition) is 3. The van der Waals surface area contributed by atoms with Crippen molar-refractivity contribution < 1.29 is 0 Å². The van der Waals surface area contributed by atoms with Crippen molar-refractivity contribution in [1.82, 2.24) is 24.5 Å². The van der Waals surface area contributed by atoms with Crippen molar-refractivity contribution >= 4 is 41.0 Å². The zero-order chi connectivity index (χ0) is 22.5. The molecule has 0 unspecified atom stereocenters. The van der Waals surface area contributed by atoms with Gasteiger partial charge >= 0.3 is 0 Å². The van der Waals surface area contributed by atoms with Gasteiger partial charge in [0.1, 0.15) is 0 Å². The highest BCUT2D eigenvalue weighted by molar-refractivity contribution is 8.00. The fourth-order valence-electron chi connectivity index (χ4n) is 3.83. The Morgan fingerprint density at radius 2 is 1.94 bits per heavy atom. The van der Waals surface area contributed by atoms with Gasteiger partial charge in [-0.15, -0.1) is 0 Å². The Morgan fingerprint density at radius 1 is 1.09 bits per heavy atom. The van der Waals surface area contributed by atoms with E-state index in [2.05, 4.69) is 66.2 Å². The molecule has 7 nitrogen and oxygen atoms in total. The van der Waals surface area contributed by atoms with Gasteiger partial charge < -0.3 is 11.1 Å². The molecule has 0 atom stereocenters. The van der Waals surface area contributed by atoms with Gasteiger partial charge in [-0.25, -0.2) is 14.3 Å². The molecule has 1 saturated heterocycles. The molecule has 0 amide bonds. The Morgan fingerprint density at radius 3 is 2.79 bits per heavy atom. The molecule has 0 radical (unpaired) electrons. The molecule has 0 bridgehead atoms. The van der Waals surface area contributed by atoms with Crippen molar-refractivity contribution in [1.29, 1.82) is 0 Å². The molecule has 168 valence electrons. The SMILES string of the molecule is NC1CCN(SC2=CC=C(Nc3ncc(/C=C/c4cccc5[nH]ncc45)cn3)C=CC2)CC1. The molecule has 1 aromatic carbocycles. The zero-order valence-corrected chi connectivity index (χ0v) is 19.1. The van der Waals surface area contributed by atoms with Crippen LogP contribution in [0, 0.1) is 0 Å². The number of allylic oxidation sites excluding steroid dienone is 5.